The summed E-state index contributed by atoms with van der Waals surface area (Å²) in [7, 11) is 2.06. The van der Waals surface area contributed by atoms with E-state index in [0.29, 0.717) is 6.42 Å². The summed E-state index contributed by atoms with van der Waals surface area (Å²) in [5, 5.41) is 9.44. The fourth-order valence-electron chi connectivity index (χ4n) is 2.38. The molecule has 0 bridgehead atoms. The molecule has 0 saturated carbocycles. The highest BCUT2D eigenvalue weighted by Gasteiger charge is 2.21. The standard InChI is InChI=1S/C15H22N2O/c1-10(18)8-11-6-7-13-12(9-11)16-14(17(13)5)15(2,3)4/h6-7,9-10,18H,8H2,1-5H3. The molecule has 0 aliphatic carbocycles. The number of aromatic nitrogens is 2. The van der Waals surface area contributed by atoms with E-state index in [4.69, 9.17) is 4.98 Å². The average molecular weight is 246 g/mol. The number of aliphatic hydroxyl groups excluding tert-OH is 1. The van der Waals surface area contributed by atoms with Crippen molar-refractivity contribution in [2.45, 2.75) is 45.6 Å². The van der Waals surface area contributed by atoms with Gasteiger partial charge >= 0.3 is 0 Å². The largest absolute Gasteiger partial charge is 0.393 e. The molecule has 2 rings (SSSR count). The number of hydrogen-bond acceptors (Lipinski definition) is 2. The van der Waals surface area contributed by atoms with Gasteiger partial charge < -0.3 is 9.67 Å². The molecule has 1 heterocycles. The summed E-state index contributed by atoms with van der Waals surface area (Å²) in [5.74, 6) is 1.09. The van der Waals surface area contributed by atoms with E-state index in [1.807, 2.05) is 6.92 Å². The first-order valence-corrected chi connectivity index (χ1v) is 6.43. The van der Waals surface area contributed by atoms with E-state index in [1.54, 1.807) is 0 Å². The second-order valence-corrected chi connectivity index (χ2v) is 6.12. The topological polar surface area (TPSA) is 38.1 Å². The van der Waals surface area contributed by atoms with Gasteiger partial charge in [0, 0.05) is 12.5 Å². The monoisotopic (exact) mass is 246 g/mol. The van der Waals surface area contributed by atoms with Gasteiger partial charge in [-0.25, -0.2) is 4.98 Å². The highest BCUT2D eigenvalue weighted by molar-refractivity contribution is 5.77. The van der Waals surface area contributed by atoms with Crippen molar-refractivity contribution in [2.24, 2.45) is 7.05 Å². The van der Waals surface area contributed by atoms with Gasteiger partial charge in [-0.3, -0.25) is 0 Å². The zero-order chi connectivity index (χ0) is 13.5. The molecule has 1 aromatic carbocycles. The van der Waals surface area contributed by atoms with Crippen molar-refractivity contribution in [3.63, 3.8) is 0 Å². The molecule has 2 aromatic rings. The van der Waals surface area contributed by atoms with E-state index in [1.165, 1.54) is 0 Å². The number of nitrogens with zero attached hydrogens (tertiary/aromatic N) is 2. The molecule has 3 heteroatoms. The predicted octanol–water partition coefficient (Wildman–Crippen LogP) is 2.79. The van der Waals surface area contributed by atoms with Crippen LogP contribution < -0.4 is 0 Å². The summed E-state index contributed by atoms with van der Waals surface area (Å²) < 4.78 is 2.15. The highest BCUT2D eigenvalue weighted by atomic mass is 16.3. The Kier molecular flexibility index (Phi) is 3.20. The smallest absolute Gasteiger partial charge is 0.115 e. The van der Waals surface area contributed by atoms with Gasteiger partial charge in [-0.05, 0) is 31.0 Å². The number of fused-ring (bicyclic) bond motifs is 1. The number of aliphatic hydroxyl groups is 1. The van der Waals surface area contributed by atoms with E-state index in [0.717, 1.165) is 22.4 Å². The molecular weight excluding hydrogens is 224 g/mol. The third kappa shape index (κ3) is 2.41. The quantitative estimate of drug-likeness (QED) is 0.885. The molecule has 1 unspecified atom stereocenters. The van der Waals surface area contributed by atoms with Gasteiger partial charge in [0.1, 0.15) is 5.82 Å². The first-order valence-electron chi connectivity index (χ1n) is 6.43. The fourth-order valence-corrected chi connectivity index (χ4v) is 2.38. The fraction of sp³-hybridized carbons (Fsp3) is 0.533. The van der Waals surface area contributed by atoms with E-state index in [9.17, 15) is 5.11 Å². The van der Waals surface area contributed by atoms with Gasteiger partial charge in [-0.15, -0.1) is 0 Å². The Hall–Kier alpha value is -1.35. The summed E-state index contributed by atoms with van der Waals surface area (Å²) in [6.45, 7) is 8.32. The Bertz CT molecular complexity index is 562. The van der Waals surface area contributed by atoms with Crippen LogP contribution in [0.3, 0.4) is 0 Å². The number of rotatable bonds is 2. The Morgan fingerprint density at radius 2 is 2.00 bits per heavy atom. The first-order chi connectivity index (χ1) is 8.29. The maximum absolute atomic E-state index is 9.44. The van der Waals surface area contributed by atoms with Crippen molar-refractivity contribution in [1.29, 1.82) is 0 Å². The Balaban J connectivity index is 2.52. The number of benzene rings is 1. The highest BCUT2D eigenvalue weighted by Crippen LogP contribution is 2.26. The molecule has 0 aliphatic heterocycles. The lowest BCUT2D eigenvalue weighted by Gasteiger charge is -2.17. The average Bonchev–Trinajstić information content (AvgIpc) is 2.54. The van der Waals surface area contributed by atoms with Crippen LogP contribution in [0, 0.1) is 0 Å². The van der Waals surface area contributed by atoms with Crippen molar-refractivity contribution in [3.05, 3.63) is 29.6 Å². The summed E-state index contributed by atoms with van der Waals surface area (Å²) in [5.41, 5.74) is 3.34. The van der Waals surface area contributed by atoms with Crippen molar-refractivity contribution >= 4 is 11.0 Å². The van der Waals surface area contributed by atoms with Crippen LogP contribution >= 0.6 is 0 Å². The maximum atomic E-state index is 9.44. The second-order valence-electron chi connectivity index (χ2n) is 6.12. The normalized spacial score (nSPS) is 14.1. The summed E-state index contributed by atoms with van der Waals surface area (Å²) in [4.78, 5) is 4.73. The Labute approximate surface area is 108 Å². The maximum Gasteiger partial charge on any atom is 0.115 e. The molecule has 0 saturated heterocycles. The summed E-state index contributed by atoms with van der Waals surface area (Å²) in [6, 6.07) is 6.25. The van der Waals surface area contributed by atoms with Crippen LogP contribution in [0.15, 0.2) is 18.2 Å². The van der Waals surface area contributed by atoms with Gasteiger partial charge in [0.25, 0.3) is 0 Å². The van der Waals surface area contributed by atoms with Crippen LogP contribution in [0.25, 0.3) is 11.0 Å². The first kappa shape index (κ1) is 13.1. The number of imidazole rings is 1. The minimum Gasteiger partial charge on any atom is -0.393 e. The minimum absolute atomic E-state index is 0.0399. The third-order valence-electron chi connectivity index (χ3n) is 3.15. The lowest BCUT2D eigenvalue weighted by Crippen LogP contribution is -2.17. The minimum atomic E-state index is -0.312. The van der Waals surface area contributed by atoms with Crippen molar-refractivity contribution in [1.82, 2.24) is 9.55 Å². The number of hydrogen-bond donors (Lipinski definition) is 1. The number of aryl methyl sites for hydroxylation is 1. The molecule has 0 fully saturated rings. The predicted molar refractivity (Wildman–Crippen MR) is 74.8 cm³/mol. The van der Waals surface area contributed by atoms with Crippen molar-refractivity contribution in [3.8, 4) is 0 Å². The summed E-state index contributed by atoms with van der Waals surface area (Å²) >= 11 is 0. The van der Waals surface area contributed by atoms with Crippen LogP contribution in [0.4, 0.5) is 0 Å². The van der Waals surface area contributed by atoms with E-state index < -0.39 is 0 Å². The zero-order valence-corrected chi connectivity index (χ0v) is 11.9. The van der Waals surface area contributed by atoms with Crippen LogP contribution in [0.1, 0.15) is 39.1 Å². The van der Waals surface area contributed by atoms with E-state index in [-0.39, 0.29) is 11.5 Å². The van der Waals surface area contributed by atoms with Crippen LogP contribution in [-0.4, -0.2) is 20.8 Å². The molecular formula is C15H22N2O. The van der Waals surface area contributed by atoms with Gasteiger partial charge in [0.2, 0.25) is 0 Å². The molecule has 1 aromatic heterocycles. The van der Waals surface area contributed by atoms with Crippen LogP contribution in [0.5, 0.6) is 0 Å². The summed E-state index contributed by atoms with van der Waals surface area (Å²) in [6.07, 6.45) is 0.366. The van der Waals surface area contributed by atoms with Gasteiger partial charge in [-0.1, -0.05) is 26.8 Å². The molecule has 98 valence electrons. The SMILES string of the molecule is CC(O)Cc1ccc2c(c1)nc(C(C)(C)C)n2C. The molecule has 3 nitrogen and oxygen atoms in total. The Morgan fingerprint density at radius 1 is 1.33 bits per heavy atom. The van der Waals surface area contributed by atoms with E-state index in [2.05, 4.69) is 50.6 Å². The molecule has 1 N–H and O–H groups in total. The molecule has 0 spiro atoms. The van der Waals surface area contributed by atoms with Gasteiger partial charge in [0.05, 0.1) is 17.1 Å². The van der Waals surface area contributed by atoms with Gasteiger partial charge in [-0.2, -0.15) is 0 Å². The lowest BCUT2D eigenvalue weighted by molar-refractivity contribution is 0.195. The van der Waals surface area contributed by atoms with Crippen molar-refractivity contribution in [2.75, 3.05) is 0 Å². The molecule has 0 amide bonds. The molecule has 18 heavy (non-hydrogen) atoms. The second kappa shape index (κ2) is 4.39. The molecule has 0 aliphatic rings. The van der Waals surface area contributed by atoms with Crippen molar-refractivity contribution < 1.29 is 5.11 Å². The lowest BCUT2D eigenvalue weighted by atomic mass is 9.96. The Morgan fingerprint density at radius 3 is 2.56 bits per heavy atom. The van der Waals surface area contributed by atoms with E-state index >= 15 is 0 Å². The molecule has 0 radical (unpaired) electrons. The van der Waals surface area contributed by atoms with Gasteiger partial charge in [0.15, 0.2) is 0 Å². The molecule has 1 atom stereocenters. The van der Waals surface area contributed by atoms with Crippen LogP contribution in [-0.2, 0) is 18.9 Å². The van der Waals surface area contributed by atoms with Crippen LogP contribution in [0.2, 0.25) is 0 Å². The third-order valence-corrected chi connectivity index (χ3v) is 3.15. The zero-order valence-electron chi connectivity index (χ0n) is 11.9.